The molecule has 0 fully saturated rings. The van der Waals surface area contributed by atoms with Gasteiger partial charge in [-0.2, -0.15) is 0 Å². The topological polar surface area (TPSA) is 64.1 Å². The lowest BCUT2D eigenvalue weighted by molar-refractivity contribution is -0.115. The Kier molecular flexibility index (Phi) is 5.43. The van der Waals surface area contributed by atoms with Crippen LogP contribution in [0.3, 0.4) is 0 Å². The second-order valence-electron chi connectivity index (χ2n) is 5.46. The molecule has 0 saturated heterocycles. The number of carbonyl (C=O) groups excluding carboxylic acids is 1. The summed E-state index contributed by atoms with van der Waals surface area (Å²) in [5.41, 5.74) is 2.29. The molecule has 0 saturated carbocycles. The minimum absolute atomic E-state index is 0.142. The van der Waals surface area contributed by atoms with Crippen LogP contribution in [0.25, 0.3) is 11.3 Å². The van der Waals surface area contributed by atoms with Gasteiger partial charge in [0.05, 0.1) is 19.2 Å². The van der Waals surface area contributed by atoms with Crippen molar-refractivity contribution in [2.45, 2.75) is 6.42 Å². The van der Waals surface area contributed by atoms with Crippen molar-refractivity contribution >= 4 is 23.2 Å². The maximum absolute atomic E-state index is 13.8. The number of ether oxygens (including phenoxy) is 1. The zero-order chi connectivity index (χ0) is 18.5. The molecule has 7 heteroatoms. The molecule has 3 rings (SSSR count). The number of benzene rings is 2. The van der Waals surface area contributed by atoms with Crippen molar-refractivity contribution in [1.29, 1.82) is 0 Å². The molecule has 1 amide bonds. The first-order valence-electron chi connectivity index (χ1n) is 7.77. The zero-order valence-corrected chi connectivity index (χ0v) is 14.6. The Morgan fingerprint density at radius 3 is 2.50 bits per heavy atom. The van der Waals surface area contributed by atoms with Crippen molar-refractivity contribution in [2.24, 2.45) is 0 Å². The molecule has 1 aromatic heterocycles. The van der Waals surface area contributed by atoms with Crippen LogP contribution >= 0.6 is 11.6 Å². The minimum atomic E-state index is -0.499. The van der Waals surface area contributed by atoms with Gasteiger partial charge in [-0.15, -0.1) is 10.2 Å². The minimum Gasteiger partial charge on any atom is -0.480 e. The van der Waals surface area contributed by atoms with E-state index in [0.29, 0.717) is 17.3 Å². The van der Waals surface area contributed by atoms with Crippen molar-refractivity contribution in [2.75, 3.05) is 12.4 Å². The maximum atomic E-state index is 13.8. The molecule has 1 heterocycles. The molecule has 0 radical (unpaired) electrons. The number of nitrogens with zero attached hydrogens (tertiary/aromatic N) is 2. The van der Waals surface area contributed by atoms with Crippen LogP contribution in [-0.2, 0) is 11.2 Å². The normalized spacial score (nSPS) is 10.4. The van der Waals surface area contributed by atoms with Gasteiger partial charge in [0.1, 0.15) is 5.82 Å². The molecule has 0 unspecified atom stereocenters. The highest BCUT2D eigenvalue weighted by Gasteiger charge is 2.12. The Morgan fingerprint density at radius 1 is 1.12 bits per heavy atom. The van der Waals surface area contributed by atoms with Crippen LogP contribution in [0.4, 0.5) is 10.1 Å². The van der Waals surface area contributed by atoms with E-state index in [1.807, 2.05) is 12.1 Å². The van der Waals surface area contributed by atoms with E-state index in [1.165, 1.54) is 19.2 Å². The van der Waals surface area contributed by atoms with Gasteiger partial charge in [0.2, 0.25) is 11.8 Å². The molecular formula is C19H15ClFN3O2. The zero-order valence-electron chi connectivity index (χ0n) is 13.9. The Labute approximate surface area is 154 Å². The van der Waals surface area contributed by atoms with E-state index < -0.39 is 5.82 Å². The number of halogens is 2. The highest BCUT2D eigenvalue weighted by atomic mass is 35.5. The van der Waals surface area contributed by atoms with E-state index in [-0.39, 0.29) is 22.9 Å². The van der Waals surface area contributed by atoms with Crippen molar-refractivity contribution < 1.29 is 13.9 Å². The fourth-order valence-electron chi connectivity index (χ4n) is 2.37. The van der Waals surface area contributed by atoms with Crippen LogP contribution in [-0.4, -0.2) is 23.2 Å². The number of carbonyl (C=O) groups is 1. The van der Waals surface area contributed by atoms with Gasteiger partial charge in [0, 0.05) is 27.9 Å². The van der Waals surface area contributed by atoms with Gasteiger partial charge in [-0.3, -0.25) is 4.79 Å². The Hall–Kier alpha value is -2.99. The molecule has 132 valence electrons. The van der Waals surface area contributed by atoms with Gasteiger partial charge in [-0.1, -0.05) is 29.8 Å². The molecule has 0 aliphatic heterocycles. The largest absolute Gasteiger partial charge is 0.480 e. The van der Waals surface area contributed by atoms with Gasteiger partial charge >= 0.3 is 0 Å². The Bertz CT molecular complexity index is 895. The molecule has 0 aliphatic carbocycles. The Balaban J connectivity index is 1.67. The molecule has 0 spiro atoms. The van der Waals surface area contributed by atoms with Crippen LogP contribution < -0.4 is 10.1 Å². The standard InChI is InChI=1S/C19H15ClFN3O2/c1-26-19-10-9-17(23-24-19)12-5-7-13(8-6-12)22-18(25)11-14-15(20)3-2-4-16(14)21/h2-10H,11H2,1H3,(H,22,25). The molecule has 3 aromatic rings. The first-order chi connectivity index (χ1) is 12.6. The molecular weight excluding hydrogens is 357 g/mol. The molecule has 26 heavy (non-hydrogen) atoms. The first kappa shape index (κ1) is 17.8. The lowest BCUT2D eigenvalue weighted by Crippen LogP contribution is -2.15. The second-order valence-corrected chi connectivity index (χ2v) is 5.87. The lowest BCUT2D eigenvalue weighted by atomic mass is 10.1. The van der Waals surface area contributed by atoms with Gasteiger partial charge in [0.15, 0.2) is 0 Å². The molecule has 0 aliphatic rings. The summed E-state index contributed by atoms with van der Waals surface area (Å²) in [4.78, 5) is 12.1. The van der Waals surface area contributed by atoms with E-state index in [9.17, 15) is 9.18 Å². The fourth-order valence-corrected chi connectivity index (χ4v) is 2.60. The fraction of sp³-hybridized carbons (Fsp3) is 0.105. The first-order valence-corrected chi connectivity index (χ1v) is 8.15. The second kappa shape index (κ2) is 7.93. The van der Waals surface area contributed by atoms with Crippen molar-refractivity contribution in [1.82, 2.24) is 10.2 Å². The third-order valence-corrected chi connectivity index (χ3v) is 4.07. The number of nitrogens with one attached hydrogen (secondary N) is 1. The highest BCUT2D eigenvalue weighted by molar-refractivity contribution is 6.31. The van der Waals surface area contributed by atoms with Gasteiger partial charge in [-0.05, 0) is 30.3 Å². The van der Waals surface area contributed by atoms with E-state index in [1.54, 1.807) is 30.3 Å². The number of hydrogen-bond acceptors (Lipinski definition) is 4. The van der Waals surface area contributed by atoms with Crippen LogP contribution in [0.2, 0.25) is 5.02 Å². The van der Waals surface area contributed by atoms with Gasteiger partial charge in [-0.25, -0.2) is 4.39 Å². The summed E-state index contributed by atoms with van der Waals surface area (Å²) in [5, 5.41) is 10.9. The molecule has 5 nitrogen and oxygen atoms in total. The smallest absolute Gasteiger partial charge is 0.233 e. The average Bonchev–Trinajstić information content (AvgIpc) is 2.66. The molecule has 0 atom stereocenters. The van der Waals surface area contributed by atoms with Crippen LogP contribution in [0, 0.1) is 5.82 Å². The SMILES string of the molecule is COc1ccc(-c2ccc(NC(=O)Cc3c(F)cccc3Cl)cc2)nn1. The van der Waals surface area contributed by atoms with Crippen molar-refractivity contribution in [3.8, 4) is 17.1 Å². The summed E-state index contributed by atoms with van der Waals surface area (Å²) in [7, 11) is 1.52. The third kappa shape index (κ3) is 4.15. The maximum Gasteiger partial charge on any atom is 0.233 e. The third-order valence-electron chi connectivity index (χ3n) is 3.71. The van der Waals surface area contributed by atoms with Crippen molar-refractivity contribution in [3.05, 3.63) is 71.0 Å². The Morgan fingerprint density at radius 2 is 1.88 bits per heavy atom. The van der Waals surface area contributed by atoms with E-state index >= 15 is 0 Å². The monoisotopic (exact) mass is 371 g/mol. The molecule has 2 aromatic carbocycles. The number of amides is 1. The lowest BCUT2D eigenvalue weighted by Gasteiger charge is -2.08. The summed E-state index contributed by atoms with van der Waals surface area (Å²) in [6.07, 6.45) is -0.142. The summed E-state index contributed by atoms with van der Waals surface area (Å²) < 4.78 is 18.7. The average molecular weight is 372 g/mol. The van der Waals surface area contributed by atoms with Crippen molar-refractivity contribution in [3.63, 3.8) is 0 Å². The number of anilines is 1. The van der Waals surface area contributed by atoms with E-state index in [2.05, 4.69) is 15.5 Å². The predicted molar refractivity (Wildman–Crippen MR) is 97.8 cm³/mol. The van der Waals surface area contributed by atoms with Crippen LogP contribution in [0.5, 0.6) is 5.88 Å². The summed E-state index contributed by atoms with van der Waals surface area (Å²) in [5.74, 6) is -0.417. The number of methoxy groups -OCH3 is 1. The quantitative estimate of drug-likeness (QED) is 0.732. The summed E-state index contributed by atoms with van der Waals surface area (Å²) >= 11 is 5.94. The summed E-state index contributed by atoms with van der Waals surface area (Å²) in [6, 6.07) is 14.9. The number of hydrogen-bond donors (Lipinski definition) is 1. The summed E-state index contributed by atoms with van der Waals surface area (Å²) in [6.45, 7) is 0. The predicted octanol–water partition coefficient (Wildman–Crippen LogP) is 4.13. The van der Waals surface area contributed by atoms with Gasteiger partial charge < -0.3 is 10.1 Å². The molecule has 1 N–H and O–H groups in total. The van der Waals surface area contributed by atoms with E-state index in [0.717, 1.165) is 5.56 Å². The van der Waals surface area contributed by atoms with Crippen LogP contribution in [0.15, 0.2) is 54.6 Å². The molecule has 0 bridgehead atoms. The van der Waals surface area contributed by atoms with E-state index in [4.69, 9.17) is 16.3 Å². The number of rotatable bonds is 5. The van der Waals surface area contributed by atoms with Crippen LogP contribution in [0.1, 0.15) is 5.56 Å². The van der Waals surface area contributed by atoms with Gasteiger partial charge in [0.25, 0.3) is 0 Å². The highest BCUT2D eigenvalue weighted by Crippen LogP contribution is 2.22. The number of aromatic nitrogens is 2.